The van der Waals surface area contributed by atoms with Gasteiger partial charge in [-0.1, -0.05) is 30.3 Å². The maximum Gasteiger partial charge on any atom is 0.261 e. The molecule has 0 spiro atoms. The van der Waals surface area contributed by atoms with Gasteiger partial charge in [0.25, 0.3) is 5.91 Å². The van der Waals surface area contributed by atoms with Crippen LogP contribution in [0.5, 0.6) is 11.5 Å². The summed E-state index contributed by atoms with van der Waals surface area (Å²) in [6, 6.07) is 16.5. The number of ether oxygens (including phenoxy) is 2. The minimum absolute atomic E-state index is 0.109. The largest absolute Gasteiger partial charge is 0.497 e. The molecule has 3 aromatic rings. The fraction of sp³-hybridized carbons (Fsp3) is 0.292. The van der Waals surface area contributed by atoms with Gasteiger partial charge in [-0.15, -0.1) is 11.3 Å². The summed E-state index contributed by atoms with van der Waals surface area (Å²) in [6.07, 6.45) is 1.44. The smallest absolute Gasteiger partial charge is 0.261 e. The van der Waals surface area contributed by atoms with Gasteiger partial charge in [-0.2, -0.15) is 0 Å². The number of amides is 2. The van der Waals surface area contributed by atoms with Crippen molar-refractivity contribution in [3.05, 3.63) is 65.7 Å². The van der Waals surface area contributed by atoms with Gasteiger partial charge in [0.1, 0.15) is 22.5 Å². The third-order valence-corrected chi connectivity index (χ3v) is 6.25. The van der Waals surface area contributed by atoms with E-state index in [1.165, 1.54) is 0 Å². The highest BCUT2D eigenvalue weighted by molar-refractivity contribution is 7.13. The van der Waals surface area contributed by atoms with Gasteiger partial charge in [0.05, 0.1) is 19.3 Å². The van der Waals surface area contributed by atoms with Crippen LogP contribution in [0.2, 0.25) is 0 Å². The average Bonchev–Trinajstić information content (AvgIpc) is 3.52. The van der Waals surface area contributed by atoms with E-state index in [-0.39, 0.29) is 18.4 Å². The van der Waals surface area contributed by atoms with Crippen LogP contribution in [0.25, 0.3) is 10.6 Å². The van der Waals surface area contributed by atoms with Crippen molar-refractivity contribution in [2.24, 2.45) is 0 Å². The van der Waals surface area contributed by atoms with Crippen molar-refractivity contribution in [2.45, 2.75) is 25.4 Å². The predicted molar refractivity (Wildman–Crippen MR) is 123 cm³/mol. The standard InChI is InChI=1S/C24H25N3O4S/c1-30-19-9-11-20(12-10-19)31-15-22(28)27-13-5-8-21(27)23(29)25-14-18-16-32-24(26-18)17-6-3-2-4-7-17/h2-4,6-7,9-12,16,21H,5,8,13-15H2,1H3,(H,25,29). The van der Waals surface area contributed by atoms with Gasteiger partial charge in [-0.05, 0) is 37.1 Å². The zero-order valence-corrected chi connectivity index (χ0v) is 18.6. The highest BCUT2D eigenvalue weighted by atomic mass is 32.1. The zero-order valence-electron chi connectivity index (χ0n) is 17.8. The zero-order chi connectivity index (χ0) is 22.3. The molecule has 2 aromatic carbocycles. The van der Waals surface area contributed by atoms with Crippen molar-refractivity contribution in [3.8, 4) is 22.1 Å². The molecule has 1 aromatic heterocycles. The van der Waals surface area contributed by atoms with Gasteiger partial charge >= 0.3 is 0 Å². The van der Waals surface area contributed by atoms with Crippen molar-refractivity contribution in [2.75, 3.05) is 20.3 Å². The van der Waals surface area contributed by atoms with E-state index in [1.54, 1.807) is 47.6 Å². The maximum atomic E-state index is 12.8. The summed E-state index contributed by atoms with van der Waals surface area (Å²) in [5.41, 5.74) is 1.86. The number of thiazole rings is 1. The van der Waals surface area contributed by atoms with Crippen LogP contribution in [0.4, 0.5) is 0 Å². The van der Waals surface area contributed by atoms with Crippen LogP contribution in [0.1, 0.15) is 18.5 Å². The van der Waals surface area contributed by atoms with Gasteiger partial charge in [-0.25, -0.2) is 4.98 Å². The molecule has 1 N–H and O–H groups in total. The van der Waals surface area contributed by atoms with E-state index in [9.17, 15) is 9.59 Å². The number of rotatable bonds is 8. The summed E-state index contributed by atoms with van der Waals surface area (Å²) >= 11 is 1.55. The van der Waals surface area contributed by atoms with Crippen LogP contribution in [0, 0.1) is 0 Å². The van der Waals surface area contributed by atoms with Gasteiger partial charge < -0.3 is 19.7 Å². The molecule has 1 aliphatic heterocycles. The van der Waals surface area contributed by atoms with E-state index in [0.717, 1.165) is 28.4 Å². The van der Waals surface area contributed by atoms with Gasteiger partial charge in [-0.3, -0.25) is 9.59 Å². The number of aromatic nitrogens is 1. The van der Waals surface area contributed by atoms with Crippen LogP contribution in [0.3, 0.4) is 0 Å². The Morgan fingerprint density at radius 3 is 2.62 bits per heavy atom. The molecule has 2 amide bonds. The lowest BCUT2D eigenvalue weighted by Gasteiger charge is -2.24. The van der Waals surface area contributed by atoms with E-state index in [1.807, 2.05) is 35.7 Å². The van der Waals surface area contributed by atoms with E-state index in [4.69, 9.17) is 9.47 Å². The first-order chi connectivity index (χ1) is 15.6. The van der Waals surface area contributed by atoms with E-state index < -0.39 is 6.04 Å². The second kappa shape index (κ2) is 10.3. The second-order valence-corrected chi connectivity index (χ2v) is 8.30. The fourth-order valence-corrected chi connectivity index (χ4v) is 4.46. The van der Waals surface area contributed by atoms with Gasteiger partial charge in [0.15, 0.2) is 6.61 Å². The number of methoxy groups -OCH3 is 1. The molecule has 166 valence electrons. The lowest BCUT2D eigenvalue weighted by Crippen LogP contribution is -2.47. The highest BCUT2D eigenvalue weighted by Gasteiger charge is 2.34. The van der Waals surface area contributed by atoms with Crippen molar-refractivity contribution in [1.29, 1.82) is 0 Å². The van der Waals surface area contributed by atoms with Gasteiger partial charge in [0, 0.05) is 17.5 Å². The number of nitrogens with one attached hydrogen (secondary N) is 1. The molecule has 0 radical (unpaired) electrons. The number of benzene rings is 2. The van der Waals surface area contributed by atoms with Crippen LogP contribution >= 0.6 is 11.3 Å². The molecule has 8 heteroatoms. The molecule has 1 aliphatic rings. The Labute approximate surface area is 191 Å². The molecule has 4 rings (SSSR count). The molecular formula is C24H25N3O4S. The Morgan fingerprint density at radius 1 is 1.12 bits per heavy atom. The molecule has 1 saturated heterocycles. The van der Waals surface area contributed by atoms with Crippen molar-refractivity contribution >= 4 is 23.2 Å². The van der Waals surface area contributed by atoms with Crippen LogP contribution in [0.15, 0.2) is 60.0 Å². The fourth-order valence-electron chi connectivity index (χ4n) is 3.63. The molecule has 0 saturated carbocycles. The lowest BCUT2D eigenvalue weighted by atomic mass is 10.2. The number of likely N-dealkylation sites (tertiary alicyclic amines) is 1. The van der Waals surface area contributed by atoms with E-state index in [2.05, 4.69) is 10.3 Å². The molecule has 1 atom stereocenters. The summed E-state index contributed by atoms with van der Waals surface area (Å²) < 4.78 is 10.7. The second-order valence-electron chi connectivity index (χ2n) is 7.44. The normalized spacial score (nSPS) is 15.4. The number of hydrogen-bond acceptors (Lipinski definition) is 6. The van der Waals surface area contributed by atoms with Gasteiger partial charge in [0.2, 0.25) is 5.91 Å². The molecule has 1 fully saturated rings. The first-order valence-corrected chi connectivity index (χ1v) is 11.4. The quantitative estimate of drug-likeness (QED) is 0.567. The van der Waals surface area contributed by atoms with Crippen molar-refractivity contribution < 1.29 is 19.1 Å². The third kappa shape index (κ3) is 5.26. The van der Waals surface area contributed by atoms with E-state index in [0.29, 0.717) is 25.3 Å². The minimum Gasteiger partial charge on any atom is -0.497 e. The Hall–Kier alpha value is -3.39. The minimum atomic E-state index is -0.478. The number of nitrogens with zero attached hydrogens (tertiary/aromatic N) is 2. The average molecular weight is 452 g/mol. The predicted octanol–water partition coefficient (Wildman–Crippen LogP) is 3.50. The van der Waals surface area contributed by atoms with Crippen LogP contribution < -0.4 is 14.8 Å². The van der Waals surface area contributed by atoms with E-state index >= 15 is 0 Å². The first-order valence-electron chi connectivity index (χ1n) is 10.5. The summed E-state index contributed by atoms with van der Waals surface area (Å²) in [4.78, 5) is 31.7. The Morgan fingerprint density at radius 2 is 1.88 bits per heavy atom. The number of carbonyl (C=O) groups is 2. The summed E-state index contributed by atoms with van der Waals surface area (Å²) in [7, 11) is 1.59. The lowest BCUT2D eigenvalue weighted by molar-refractivity contribution is -0.140. The molecule has 2 heterocycles. The third-order valence-electron chi connectivity index (χ3n) is 5.31. The SMILES string of the molecule is COc1ccc(OCC(=O)N2CCCC2C(=O)NCc2csc(-c3ccccc3)n2)cc1. The molecular weight excluding hydrogens is 426 g/mol. The molecule has 1 unspecified atom stereocenters. The summed E-state index contributed by atoms with van der Waals surface area (Å²) in [5.74, 6) is 0.945. The van der Waals surface area contributed by atoms with Crippen molar-refractivity contribution in [3.63, 3.8) is 0 Å². The summed E-state index contributed by atoms with van der Waals surface area (Å²) in [5, 5.41) is 5.80. The summed E-state index contributed by atoms with van der Waals surface area (Å²) in [6.45, 7) is 0.781. The topological polar surface area (TPSA) is 80.8 Å². The molecule has 0 aliphatic carbocycles. The van der Waals surface area contributed by atoms with Crippen molar-refractivity contribution in [1.82, 2.24) is 15.2 Å². The molecule has 0 bridgehead atoms. The maximum absolute atomic E-state index is 12.8. The number of hydrogen-bond donors (Lipinski definition) is 1. The molecule has 7 nitrogen and oxygen atoms in total. The van der Waals surface area contributed by atoms with Crippen LogP contribution in [-0.2, 0) is 16.1 Å². The number of carbonyl (C=O) groups excluding carboxylic acids is 2. The Balaban J connectivity index is 1.29. The first kappa shape index (κ1) is 21.8. The Kier molecular flexibility index (Phi) is 7.01. The monoisotopic (exact) mass is 451 g/mol. The van der Waals surface area contributed by atoms with Crippen LogP contribution in [-0.4, -0.2) is 48.0 Å². The molecule has 32 heavy (non-hydrogen) atoms. The highest BCUT2D eigenvalue weighted by Crippen LogP contribution is 2.24. The Bertz CT molecular complexity index is 1050.